The van der Waals surface area contributed by atoms with Crippen LogP contribution in [0.5, 0.6) is 0 Å². The molecule has 2 unspecified atom stereocenters. The number of amides is 1. The Bertz CT molecular complexity index is 646. The van der Waals surface area contributed by atoms with Gasteiger partial charge in [0.2, 0.25) is 0 Å². The lowest BCUT2D eigenvalue weighted by Crippen LogP contribution is -2.36. The summed E-state index contributed by atoms with van der Waals surface area (Å²) >= 11 is 11.7. The van der Waals surface area contributed by atoms with Crippen molar-refractivity contribution in [3.8, 4) is 0 Å². The van der Waals surface area contributed by atoms with Gasteiger partial charge in [0, 0.05) is 22.3 Å². The average molecular weight is 373 g/mol. The Balaban J connectivity index is 3.15. The number of rotatable bonds is 5. The van der Waals surface area contributed by atoms with Crippen molar-refractivity contribution in [3.05, 3.63) is 27.7 Å². The topological polar surface area (TPSA) is 63.2 Å². The van der Waals surface area contributed by atoms with Crippen molar-refractivity contribution in [1.29, 1.82) is 0 Å². The molecule has 0 spiro atoms. The van der Waals surface area contributed by atoms with Crippen LogP contribution in [0, 0.1) is 5.92 Å². The maximum absolute atomic E-state index is 12.2. The Morgan fingerprint density at radius 3 is 2.33 bits per heavy atom. The first-order valence-corrected chi connectivity index (χ1v) is 9.39. The molecule has 0 aliphatic carbocycles. The van der Waals surface area contributed by atoms with Gasteiger partial charge >= 0.3 is 0 Å². The largest absolute Gasteiger partial charge is 0.349 e. The molecule has 0 heterocycles. The van der Waals surface area contributed by atoms with E-state index in [1.54, 1.807) is 0 Å². The zero-order chi connectivity index (χ0) is 16.4. The molecule has 0 aliphatic heterocycles. The second-order valence-electron chi connectivity index (χ2n) is 4.86. The van der Waals surface area contributed by atoms with Crippen molar-refractivity contribution < 1.29 is 13.2 Å². The van der Waals surface area contributed by atoms with Crippen molar-refractivity contribution in [1.82, 2.24) is 5.32 Å². The third-order valence-electron chi connectivity index (χ3n) is 3.38. The van der Waals surface area contributed by atoms with Gasteiger partial charge < -0.3 is 5.32 Å². The van der Waals surface area contributed by atoms with Crippen LogP contribution in [0.25, 0.3) is 0 Å². The molecule has 1 aromatic rings. The molecule has 2 atom stereocenters. The molecule has 1 amide bonds. The molecular formula is C13H16Cl3NO3S. The minimum atomic E-state index is -4.09. The molecule has 0 saturated carbocycles. The molecule has 4 nitrogen and oxygen atoms in total. The average Bonchev–Trinajstić information content (AvgIpc) is 2.38. The highest BCUT2D eigenvalue weighted by Crippen LogP contribution is 2.32. The van der Waals surface area contributed by atoms with Crippen LogP contribution in [0.3, 0.4) is 0 Å². The fourth-order valence-corrected chi connectivity index (χ4v) is 3.42. The zero-order valence-electron chi connectivity index (χ0n) is 11.8. The van der Waals surface area contributed by atoms with Gasteiger partial charge in [-0.15, -0.1) is 0 Å². The Morgan fingerprint density at radius 1 is 1.29 bits per heavy atom. The van der Waals surface area contributed by atoms with E-state index in [0.717, 1.165) is 12.5 Å². The standard InChI is InChI=1S/C13H16Cl3NO3S/c1-4-7(2)8(3)17-13(18)9-5-10(14)12(15)11(6-9)21(16,19)20/h5-8H,4H2,1-3H3,(H,17,18). The van der Waals surface area contributed by atoms with Crippen LogP contribution in [-0.4, -0.2) is 20.4 Å². The molecule has 0 aliphatic rings. The van der Waals surface area contributed by atoms with Crippen LogP contribution in [0.15, 0.2) is 17.0 Å². The Kier molecular flexibility index (Phi) is 6.35. The van der Waals surface area contributed by atoms with Crippen LogP contribution in [0.2, 0.25) is 10.0 Å². The lowest BCUT2D eigenvalue weighted by Gasteiger charge is -2.20. The van der Waals surface area contributed by atoms with Gasteiger partial charge in [-0.2, -0.15) is 0 Å². The quantitative estimate of drug-likeness (QED) is 0.792. The summed E-state index contributed by atoms with van der Waals surface area (Å²) in [4.78, 5) is 11.8. The van der Waals surface area contributed by atoms with E-state index in [1.807, 2.05) is 20.8 Å². The van der Waals surface area contributed by atoms with Gasteiger partial charge in [0.05, 0.1) is 10.0 Å². The molecule has 1 aromatic carbocycles. The van der Waals surface area contributed by atoms with E-state index in [9.17, 15) is 13.2 Å². The molecule has 0 bridgehead atoms. The summed E-state index contributed by atoms with van der Waals surface area (Å²) < 4.78 is 22.9. The van der Waals surface area contributed by atoms with E-state index in [1.165, 1.54) is 6.07 Å². The van der Waals surface area contributed by atoms with E-state index in [-0.39, 0.29) is 32.5 Å². The second-order valence-corrected chi connectivity index (χ2v) is 8.18. The van der Waals surface area contributed by atoms with Crippen LogP contribution in [0.4, 0.5) is 0 Å². The van der Waals surface area contributed by atoms with Crippen LogP contribution >= 0.6 is 33.9 Å². The second kappa shape index (κ2) is 7.18. The van der Waals surface area contributed by atoms with E-state index < -0.39 is 15.0 Å². The first-order chi connectivity index (χ1) is 9.57. The molecule has 0 radical (unpaired) electrons. The predicted molar refractivity (Wildman–Crippen MR) is 85.9 cm³/mol. The fourth-order valence-electron chi connectivity index (χ4n) is 1.66. The van der Waals surface area contributed by atoms with Crippen LogP contribution in [0.1, 0.15) is 37.6 Å². The minimum Gasteiger partial charge on any atom is -0.349 e. The SMILES string of the molecule is CCC(C)C(C)NC(=O)c1cc(Cl)c(Cl)c(S(=O)(=O)Cl)c1. The first-order valence-electron chi connectivity index (χ1n) is 6.32. The third-order valence-corrected chi connectivity index (χ3v) is 5.64. The molecule has 1 N–H and O–H groups in total. The van der Waals surface area contributed by atoms with Crippen molar-refractivity contribution in [2.24, 2.45) is 5.92 Å². The van der Waals surface area contributed by atoms with E-state index >= 15 is 0 Å². The molecule has 0 saturated heterocycles. The summed E-state index contributed by atoms with van der Waals surface area (Å²) in [5.41, 5.74) is 0.0961. The predicted octanol–water partition coefficient (Wildman–Crippen LogP) is 4.09. The highest BCUT2D eigenvalue weighted by Gasteiger charge is 2.22. The highest BCUT2D eigenvalue weighted by atomic mass is 35.7. The first kappa shape index (κ1) is 18.6. The summed E-state index contributed by atoms with van der Waals surface area (Å²) in [6, 6.07) is 2.37. The maximum atomic E-state index is 12.2. The van der Waals surface area contributed by atoms with Gasteiger partial charge in [0.1, 0.15) is 4.90 Å². The number of hydrogen-bond acceptors (Lipinski definition) is 3. The molecular weight excluding hydrogens is 357 g/mol. The smallest absolute Gasteiger partial charge is 0.262 e. The highest BCUT2D eigenvalue weighted by molar-refractivity contribution is 8.13. The summed E-state index contributed by atoms with van der Waals surface area (Å²) in [6.45, 7) is 5.90. The number of benzene rings is 1. The van der Waals surface area contributed by atoms with Crippen LogP contribution in [-0.2, 0) is 9.05 Å². The Morgan fingerprint density at radius 2 is 1.86 bits per heavy atom. The van der Waals surface area contributed by atoms with Gasteiger partial charge in [0.25, 0.3) is 15.0 Å². The monoisotopic (exact) mass is 371 g/mol. The van der Waals surface area contributed by atoms with Gasteiger partial charge in [0.15, 0.2) is 0 Å². The van der Waals surface area contributed by atoms with Crippen molar-refractivity contribution in [2.45, 2.75) is 38.1 Å². The summed E-state index contributed by atoms with van der Waals surface area (Å²) in [5.74, 6) is -0.143. The number of hydrogen-bond donors (Lipinski definition) is 1. The number of halogens is 3. The number of carbonyl (C=O) groups is 1. The fraction of sp³-hybridized carbons (Fsp3) is 0.462. The molecule has 1 rings (SSSR count). The molecule has 21 heavy (non-hydrogen) atoms. The van der Waals surface area contributed by atoms with Gasteiger partial charge in [-0.1, -0.05) is 43.5 Å². The summed E-state index contributed by atoms with van der Waals surface area (Å²) in [7, 11) is 1.20. The Labute approximate surface area is 139 Å². The molecule has 118 valence electrons. The molecule has 0 fully saturated rings. The normalized spacial score (nSPS) is 14.6. The maximum Gasteiger partial charge on any atom is 0.262 e. The van der Waals surface area contributed by atoms with Crippen molar-refractivity contribution in [3.63, 3.8) is 0 Å². The third kappa shape index (κ3) is 4.74. The van der Waals surface area contributed by atoms with E-state index in [0.29, 0.717) is 0 Å². The number of carbonyl (C=O) groups excluding carboxylic acids is 1. The van der Waals surface area contributed by atoms with Crippen LogP contribution < -0.4 is 5.32 Å². The van der Waals surface area contributed by atoms with Gasteiger partial charge in [-0.25, -0.2) is 8.42 Å². The lowest BCUT2D eigenvalue weighted by molar-refractivity contribution is 0.0928. The van der Waals surface area contributed by atoms with E-state index in [2.05, 4.69) is 5.32 Å². The lowest BCUT2D eigenvalue weighted by atomic mass is 10.0. The minimum absolute atomic E-state index is 0.0419. The number of nitrogens with one attached hydrogen (secondary N) is 1. The summed E-state index contributed by atoms with van der Waals surface area (Å²) in [6.07, 6.45) is 0.907. The molecule has 0 aromatic heterocycles. The summed E-state index contributed by atoms with van der Waals surface area (Å²) in [5, 5.41) is 2.56. The van der Waals surface area contributed by atoms with Crippen molar-refractivity contribution in [2.75, 3.05) is 0 Å². The molecule has 8 heteroatoms. The Hall–Kier alpha value is -0.490. The van der Waals surface area contributed by atoms with Crippen molar-refractivity contribution >= 4 is 48.8 Å². The zero-order valence-corrected chi connectivity index (χ0v) is 14.9. The van der Waals surface area contributed by atoms with E-state index in [4.69, 9.17) is 33.9 Å². The van der Waals surface area contributed by atoms with Gasteiger partial charge in [-0.3, -0.25) is 4.79 Å². The van der Waals surface area contributed by atoms with Gasteiger partial charge in [-0.05, 0) is 25.0 Å².